The third-order valence-electron chi connectivity index (χ3n) is 3.27. The summed E-state index contributed by atoms with van der Waals surface area (Å²) in [5.74, 6) is -6.48. The standard InChI is InChI=1S/C14H23N5O9/c15-6(3-10(22)23)12(26)19-8(5-20)14(28)18-7(1-2-9(16)21)13(27)17-4-11(24)25/h6-8,20H,1-5,15H2,(H2,16,21)(H,17,27)(H,18,28)(H,19,26)(H,22,23)(H,24,25). The highest BCUT2D eigenvalue weighted by atomic mass is 16.4. The van der Waals surface area contributed by atoms with Gasteiger partial charge in [0, 0.05) is 6.42 Å². The second-order valence-corrected chi connectivity index (χ2v) is 5.63. The van der Waals surface area contributed by atoms with Gasteiger partial charge in [-0.05, 0) is 6.42 Å². The molecule has 14 heteroatoms. The molecule has 0 fully saturated rings. The summed E-state index contributed by atoms with van der Waals surface area (Å²) >= 11 is 0. The zero-order valence-corrected chi connectivity index (χ0v) is 14.7. The van der Waals surface area contributed by atoms with Crippen molar-refractivity contribution in [2.45, 2.75) is 37.4 Å². The van der Waals surface area contributed by atoms with E-state index in [0.29, 0.717) is 0 Å². The lowest BCUT2D eigenvalue weighted by Crippen LogP contribution is -2.57. The first-order chi connectivity index (χ1) is 13.0. The number of hydrogen-bond donors (Lipinski definition) is 8. The molecule has 0 aliphatic carbocycles. The molecule has 0 aromatic heterocycles. The molecule has 3 unspecified atom stereocenters. The summed E-state index contributed by atoms with van der Waals surface area (Å²) in [5, 5.41) is 32.6. The van der Waals surface area contributed by atoms with Gasteiger partial charge in [0.1, 0.15) is 18.6 Å². The van der Waals surface area contributed by atoms with Gasteiger partial charge in [-0.15, -0.1) is 0 Å². The predicted octanol–water partition coefficient (Wildman–Crippen LogP) is -4.78. The van der Waals surface area contributed by atoms with Gasteiger partial charge in [0.2, 0.25) is 23.6 Å². The summed E-state index contributed by atoms with van der Waals surface area (Å²) in [4.78, 5) is 67.9. The average Bonchev–Trinajstić information content (AvgIpc) is 2.59. The number of carboxylic acid groups (broad SMARTS) is 2. The SMILES string of the molecule is NC(=O)CCC(NC(=O)C(CO)NC(=O)C(N)CC(=O)O)C(=O)NCC(=O)O. The van der Waals surface area contributed by atoms with E-state index in [1.807, 2.05) is 10.6 Å². The maximum atomic E-state index is 12.2. The molecule has 0 radical (unpaired) electrons. The van der Waals surface area contributed by atoms with Gasteiger partial charge in [0.05, 0.1) is 19.1 Å². The third-order valence-corrected chi connectivity index (χ3v) is 3.27. The van der Waals surface area contributed by atoms with Crippen LogP contribution in [0.2, 0.25) is 0 Å². The van der Waals surface area contributed by atoms with E-state index in [0.717, 1.165) is 0 Å². The lowest BCUT2D eigenvalue weighted by atomic mass is 10.1. The van der Waals surface area contributed by atoms with Crippen LogP contribution in [0.5, 0.6) is 0 Å². The fraction of sp³-hybridized carbons (Fsp3) is 0.571. The highest BCUT2D eigenvalue weighted by molar-refractivity contribution is 5.94. The lowest BCUT2D eigenvalue weighted by Gasteiger charge is -2.22. The molecule has 0 aromatic carbocycles. The third kappa shape index (κ3) is 10.0. The van der Waals surface area contributed by atoms with Gasteiger partial charge in [-0.3, -0.25) is 28.8 Å². The van der Waals surface area contributed by atoms with Crippen LogP contribution in [-0.2, 0) is 28.8 Å². The second kappa shape index (κ2) is 12.2. The number of hydrogen-bond acceptors (Lipinski definition) is 8. The number of carbonyl (C=O) groups is 6. The van der Waals surface area contributed by atoms with E-state index in [1.165, 1.54) is 0 Å². The Balaban J connectivity index is 5.03. The fourth-order valence-corrected chi connectivity index (χ4v) is 1.87. The zero-order chi connectivity index (χ0) is 21.9. The molecule has 0 aliphatic heterocycles. The van der Waals surface area contributed by atoms with E-state index in [2.05, 4.69) is 5.32 Å². The number of carbonyl (C=O) groups excluding carboxylic acids is 4. The Morgan fingerprint density at radius 2 is 1.43 bits per heavy atom. The van der Waals surface area contributed by atoms with Crippen molar-refractivity contribution in [3.63, 3.8) is 0 Å². The molecule has 0 aliphatic rings. The summed E-state index contributed by atoms with van der Waals surface area (Å²) in [5.41, 5.74) is 10.3. The molecule has 4 amide bonds. The summed E-state index contributed by atoms with van der Waals surface area (Å²) < 4.78 is 0. The minimum absolute atomic E-state index is 0.267. The number of rotatable bonds is 13. The van der Waals surface area contributed by atoms with Crippen LogP contribution in [0, 0.1) is 0 Å². The Kier molecular flexibility index (Phi) is 10.8. The van der Waals surface area contributed by atoms with Gasteiger partial charge in [-0.1, -0.05) is 0 Å². The molecule has 0 bridgehead atoms. The molecule has 0 saturated carbocycles. The van der Waals surface area contributed by atoms with E-state index < -0.39 is 73.3 Å². The number of amides is 4. The van der Waals surface area contributed by atoms with Crippen LogP contribution in [0.25, 0.3) is 0 Å². The van der Waals surface area contributed by atoms with Gasteiger partial charge in [-0.25, -0.2) is 0 Å². The minimum atomic E-state index is -1.57. The molecular weight excluding hydrogens is 382 g/mol. The lowest BCUT2D eigenvalue weighted by molar-refractivity contribution is -0.140. The van der Waals surface area contributed by atoms with Crippen LogP contribution in [0.3, 0.4) is 0 Å². The van der Waals surface area contributed by atoms with Crippen molar-refractivity contribution in [2.24, 2.45) is 11.5 Å². The topological polar surface area (TPSA) is 251 Å². The summed E-state index contributed by atoms with van der Waals surface area (Å²) in [6, 6.07) is -4.43. The Hall–Kier alpha value is -3.26. The van der Waals surface area contributed by atoms with Crippen molar-refractivity contribution in [2.75, 3.05) is 13.2 Å². The molecule has 0 heterocycles. The number of nitrogens with one attached hydrogen (secondary N) is 3. The first-order valence-electron chi connectivity index (χ1n) is 7.94. The summed E-state index contributed by atoms with van der Waals surface area (Å²) in [6.45, 7) is -1.65. The van der Waals surface area contributed by atoms with Crippen LogP contribution in [0.15, 0.2) is 0 Å². The second-order valence-electron chi connectivity index (χ2n) is 5.63. The predicted molar refractivity (Wildman–Crippen MR) is 90.2 cm³/mol. The first-order valence-corrected chi connectivity index (χ1v) is 7.94. The highest BCUT2D eigenvalue weighted by Gasteiger charge is 2.28. The molecule has 28 heavy (non-hydrogen) atoms. The maximum Gasteiger partial charge on any atom is 0.322 e. The average molecular weight is 405 g/mol. The number of aliphatic carboxylic acids is 2. The van der Waals surface area contributed by atoms with Crippen LogP contribution in [0.4, 0.5) is 0 Å². The molecule has 0 aromatic rings. The van der Waals surface area contributed by atoms with Crippen LogP contribution in [-0.4, -0.2) is 82.2 Å². The molecule has 0 saturated heterocycles. The molecule has 0 spiro atoms. The Morgan fingerprint density at radius 3 is 1.89 bits per heavy atom. The number of primary amides is 1. The Labute approximate surface area is 158 Å². The van der Waals surface area contributed by atoms with Crippen molar-refractivity contribution in [3.05, 3.63) is 0 Å². The molecule has 14 nitrogen and oxygen atoms in total. The quantitative estimate of drug-likeness (QED) is 0.145. The Morgan fingerprint density at radius 1 is 0.857 bits per heavy atom. The minimum Gasteiger partial charge on any atom is -0.481 e. The van der Waals surface area contributed by atoms with E-state index in [9.17, 15) is 33.9 Å². The van der Waals surface area contributed by atoms with Gasteiger partial charge >= 0.3 is 11.9 Å². The molecule has 10 N–H and O–H groups in total. The summed E-state index contributed by atoms with van der Waals surface area (Å²) in [6.07, 6.45) is -1.30. The smallest absolute Gasteiger partial charge is 0.322 e. The van der Waals surface area contributed by atoms with Crippen molar-refractivity contribution in [3.8, 4) is 0 Å². The van der Waals surface area contributed by atoms with E-state index >= 15 is 0 Å². The van der Waals surface area contributed by atoms with Crippen molar-refractivity contribution in [1.82, 2.24) is 16.0 Å². The van der Waals surface area contributed by atoms with Crippen molar-refractivity contribution in [1.29, 1.82) is 0 Å². The van der Waals surface area contributed by atoms with E-state index in [4.69, 9.17) is 21.7 Å². The normalized spacial score (nSPS) is 13.5. The van der Waals surface area contributed by atoms with E-state index in [1.54, 1.807) is 0 Å². The van der Waals surface area contributed by atoms with E-state index in [-0.39, 0.29) is 12.8 Å². The van der Waals surface area contributed by atoms with Gasteiger partial charge in [-0.2, -0.15) is 0 Å². The number of carboxylic acids is 2. The monoisotopic (exact) mass is 405 g/mol. The fourth-order valence-electron chi connectivity index (χ4n) is 1.87. The number of nitrogens with two attached hydrogens (primary N) is 2. The number of aliphatic hydroxyl groups is 1. The van der Waals surface area contributed by atoms with Crippen LogP contribution in [0.1, 0.15) is 19.3 Å². The van der Waals surface area contributed by atoms with Crippen molar-refractivity contribution >= 4 is 35.6 Å². The summed E-state index contributed by atoms with van der Waals surface area (Å²) in [7, 11) is 0. The van der Waals surface area contributed by atoms with Crippen LogP contribution >= 0.6 is 0 Å². The number of aliphatic hydroxyl groups excluding tert-OH is 1. The van der Waals surface area contributed by atoms with Gasteiger partial charge in [0.25, 0.3) is 0 Å². The molecule has 0 rings (SSSR count). The van der Waals surface area contributed by atoms with Gasteiger partial charge in [0.15, 0.2) is 0 Å². The first kappa shape index (κ1) is 24.7. The zero-order valence-electron chi connectivity index (χ0n) is 14.7. The van der Waals surface area contributed by atoms with Crippen molar-refractivity contribution < 1.29 is 44.1 Å². The van der Waals surface area contributed by atoms with Gasteiger partial charge < -0.3 is 42.7 Å². The maximum absolute atomic E-state index is 12.2. The largest absolute Gasteiger partial charge is 0.481 e. The molecule has 158 valence electrons. The molecular formula is C14H23N5O9. The highest BCUT2D eigenvalue weighted by Crippen LogP contribution is 2.00. The Bertz CT molecular complexity index is 624. The molecule has 3 atom stereocenters. The van der Waals surface area contributed by atoms with Crippen LogP contribution < -0.4 is 27.4 Å².